The van der Waals surface area contributed by atoms with Crippen LogP contribution in [0.15, 0.2) is 12.3 Å². The number of nitrogens with one attached hydrogen (secondary N) is 1. The molecule has 1 rings (SSSR count). The van der Waals surface area contributed by atoms with Gasteiger partial charge in [0.1, 0.15) is 5.56 Å². The number of hydrogen-bond acceptors (Lipinski definition) is 5. The monoisotopic (exact) mass is 291 g/mol. The van der Waals surface area contributed by atoms with Crippen LogP contribution < -0.4 is 5.32 Å². The van der Waals surface area contributed by atoms with E-state index in [9.17, 15) is 19.1 Å². The van der Waals surface area contributed by atoms with Crippen LogP contribution in [0.25, 0.3) is 0 Å². The molecule has 0 aliphatic carbocycles. The van der Waals surface area contributed by atoms with Crippen molar-refractivity contribution in [2.45, 2.75) is 0 Å². The third-order valence-electron chi connectivity index (χ3n) is 1.98. The maximum atomic E-state index is 11.7. The number of carbonyl (C=O) groups is 1. The molecule has 0 bridgehead atoms. The van der Waals surface area contributed by atoms with Crippen molar-refractivity contribution in [3.63, 3.8) is 0 Å². The molecule has 1 unspecified atom stereocenters. The third-order valence-corrected chi connectivity index (χ3v) is 3.04. The number of hydrogen-bond donors (Lipinski definition) is 1. The van der Waals surface area contributed by atoms with E-state index in [1.54, 1.807) is 0 Å². The van der Waals surface area contributed by atoms with Crippen LogP contribution in [0.3, 0.4) is 0 Å². The average Bonchev–Trinajstić information content (AvgIpc) is 2.27. The standard InChI is InChI=1S/C9H10ClN3O4S/c1-18(17)5-4-12-9(14)6-2-3-11-8(10)7(6)13(15)16/h2-3H,4-5H2,1H3,(H,12,14). The molecule has 0 spiro atoms. The van der Waals surface area contributed by atoms with Gasteiger partial charge in [-0.2, -0.15) is 0 Å². The van der Waals surface area contributed by atoms with Gasteiger partial charge in [-0.05, 0) is 6.07 Å². The molecule has 0 aliphatic rings. The molecule has 7 nitrogen and oxygen atoms in total. The lowest BCUT2D eigenvalue weighted by Crippen LogP contribution is -2.28. The number of rotatable bonds is 5. The Kier molecular flexibility index (Phi) is 5.17. The van der Waals surface area contributed by atoms with Crippen LogP contribution >= 0.6 is 11.6 Å². The molecule has 1 N–H and O–H groups in total. The van der Waals surface area contributed by atoms with Crippen molar-refractivity contribution in [3.8, 4) is 0 Å². The van der Waals surface area contributed by atoms with Crippen LogP contribution in [0.1, 0.15) is 10.4 Å². The minimum atomic E-state index is -1.04. The fraction of sp³-hybridized carbons (Fsp3) is 0.333. The maximum absolute atomic E-state index is 11.7. The minimum Gasteiger partial charge on any atom is -0.351 e. The molecule has 1 heterocycles. The highest BCUT2D eigenvalue weighted by molar-refractivity contribution is 7.84. The predicted molar refractivity (Wildman–Crippen MR) is 67.2 cm³/mol. The molecule has 0 aromatic carbocycles. The summed E-state index contributed by atoms with van der Waals surface area (Å²) in [6.07, 6.45) is 2.71. The number of halogens is 1. The van der Waals surface area contributed by atoms with E-state index in [-0.39, 0.29) is 23.0 Å². The fourth-order valence-electron chi connectivity index (χ4n) is 1.19. The molecule has 18 heavy (non-hydrogen) atoms. The van der Waals surface area contributed by atoms with Crippen LogP contribution in [-0.2, 0) is 10.8 Å². The highest BCUT2D eigenvalue weighted by Crippen LogP contribution is 2.25. The van der Waals surface area contributed by atoms with Gasteiger partial charge < -0.3 is 5.32 Å². The molecule has 0 saturated carbocycles. The molecule has 0 fully saturated rings. The number of carbonyl (C=O) groups excluding carboxylic acids is 1. The van der Waals surface area contributed by atoms with Crippen molar-refractivity contribution in [2.24, 2.45) is 0 Å². The summed E-state index contributed by atoms with van der Waals surface area (Å²) in [6, 6.07) is 1.21. The first kappa shape index (κ1) is 14.5. The first-order valence-corrected chi connectivity index (χ1v) is 6.91. The number of aromatic nitrogens is 1. The van der Waals surface area contributed by atoms with Crippen LogP contribution in [-0.4, -0.2) is 38.6 Å². The van der Waals surface area contributed by atoms with E-state index in [1.807, 2.05) is 0 Å². The molecule has 0 saturated heterocycles. The number of nitrogens with zero attached hydrogens (tertiary/aromatic N) is 2. The summed E-state index contributed by atoms with van der Waals surface area (Å²) in [7, 11) is -1.04. The molecule has 9 heteroatoms. The zero-order valence-corrected chi connectivity index (χ0v) is 11.0. The van der Waals surface area contributed by atoms with Gasteiger partial charge in [-0.1, -0.05) is 11.6 Å². The van der Waals surface area contributed by atoms with Gasteiger partial charge in [0.2, 0.25) is 5.15 Å². The average molecular weight is 292 g/mol. The van der Waals surface area contributed by atoms with Crippen molar-refractivity contribution in [1.29, 1.82) is 0 Å². The quantitative estimate of drug-likeness (QED) is 0.490. The summed E-state index contributed by atoms with van der Waals surface area (Å²) >= 11 is 5.57. The Morgan fingerprint density at radius 3 is 2.89 bits per heavy atom. The zero-order valence-electron chi connectivity index (χ0n) is 9.38. The van der Waals surface area contributed by atoms with Crippen LogP contribution in [0.2, 0.25) is 5.15 Å². The predicted octanol–water partition coefficient (Wildman–Crippen LogP) is 0.751. The lowest BCUT2D eigenvalue weighted by Gasteiger charge is -2.05. The van der Waals surface area contributed by atoms with E-state index in [0.717, 1.165) is 0 Å². The summed E-state index contributed by atoms with van der Waals surface area (Å²) in [5.41, 5.74) is -0.698. The lowest BCUT2D eigenvalue weighted by atomic mass is 10.2. The Hall–Kier alpha value is -1.54. The molecule has 0 aliphatic heterocycles. The number of amides is 1. The molecular formula is C9H10ClN3O4S. The Morgan fingerprint density at radius 1 is 1.67 bits per heavy atom. The van der Waals surface area contributed by atoms with Gasteiger partial charge in [0.05, 0.1) is 4.92 Å². The fourth-order valence-corrected chi connectivity index (χ4v) is 1.81. The highest BCUT2D eigenvalue weighted by Gasteiger charge is 2.24. The second-order valence-corrected chi connectivity index (χ2v) is 5.20. The van der Waals surface area contributed by atoms with Gasteiger partial charge >= 0.3 is 5.69 Å². The lowest BCUT2D eigenvalue weighted by molar-refractivity contribution is -0.385. The highest BCUT2D eigenvalue weighted by atomic mass is 35.5. The van der Waals surface area contributed by atoms with Gasteiger partial charge in [0.15, 0.2) is 0 Å². The second-order valence-electron chi connectivity index (χ2n) is 3.29. The summed E-state index contributed by atoms with van der Waals surface area (Å²) in [4.78, 5) is 25.3. The van der Waals surface area contributed by atoms with E-state index >= 15 is 0 Å². The topological polar surface area (TPSA) is 102 Å². The normalized spacial score (nSPS) is 11.9. The Bertz CT molecular complexity index is 509. The third kappa shape index (κ3) is 3.74. The largest absolute Gasteiger partial charge is 0.351 e. The van der Waals surface area contributed by atoms with Crippen molar-refractivity contribution in [1.82, 2.24) is 10.3 Å². The summed E-state index contributed by atoms with van der Waals surface area (Å²) in [6.45, 7) is 0.166. The van der Waals surface area contributed by atoms with Gasteiger partial charge in [-0.15, -0.1) is 0 Å². The van der Waals surface area contributed by atoms with E-state index in [0.29, 0.717) is 0 Å². The Morgan fingerprint density at radius 2 is 2.33 bits per heavy atom. The van der Waals surface area contributed by atoms with E-state index in [2.05, 4.69) is 10.3 Å². The molecular weight excluding hydrogens is 282 g/mol. The van der Waals surface area contributed by atoms with Crippen molar-refractivity contribution < 1.29 is 13.9 Å². The first-order valence-electron chi connectivity index (χ1n) is 4.80. The smallest absolute Gasteiger partial charge is 0.319 e. The maximum Gasteiger partial charge on any atom is 0.319 e. The van der Waals surface area contributed by atoms with Gasteiger partial charge in [-0.3, -0.25) is 19.1 Å². The van der Waals surface area contributed by atoms with Crippen LogP contribution in [0, 0.1) is 10.1 Å². The minimum absolute atomic E-state index is 0.165. The van der Waals surface area contributed by atoms with Crippen molar-refractivity contribution in [3.05, 3.63) is 33.1 Å². The van der Waals surface area contributed by atoms with E-state index in [4.69, 9.17) is 11.6 Å². The zero-order chi connectivity index (χ0) is 13.7. The Labute approximate surface area is 110 Å². The summed E-state index contributed by atoms with van der Waals surface area (Å²) < 4.78 is 10.8. The molecule has 1 aromatic rings. The molecule has 1 atom stereocenters. The molecule has 1 aromatic heterocycles. The van der Waals surface area contributed by atoms with Crippen molar-refractivity contribution in [2.75, 3.05) is 18.6 Å². The SMILES string of the molecule is CS(=O)CCNC(=O)c1ccnc(Cl)c1[N+](=O)[O-]. The van der Waals surface area contributed by atoms with Crippen LogP contribution in [0.5, 0.6) is 0 Å². The van der Waals surface area contributed by atoms with Crippen LogP contribution in [0.4, 0.5) is 5.69 Å². The molecule has 1 amide bonds. The number of pyridine rings is 1. The van der Waals surface area contributed by atoms with Gasteiger partial charge in [0.25, 0.3) is 5.91 Å². The second kappa shape index (κ2) is 6.41. The summed E-state index contributed by atoms with van der Waals surface area (Å²) in [5.74, 6) is -0.366. The van der Waals surface area contributed by atoms with Crippen molar-refractivity contribution >= 4 is 34.0 Å². The summed E-state index contributed by atoms with van der Waals surface area (Å²) in [5, 5.41) is 12.9. The van der Waals surface area contributed by atoms with Gasteiger partial charge in [-0.25, -0.2) is 4.98 Å². The molecule has 0 radical (unpaired) electrons. The Balaban J connectivity index is 2.89. The molecule has 98 valence electrons. The van der Waals surface area contributed by atoms with Gasteiger partial charge in [0, 0.05) is 35.5 Å². The first-order chi connectivity index (χ1) is 8.43. The number of nitro groups is 1. The van der Waals surface area contributed by atoms with E-state index in [1.165, 1.54) is 18.5 Å². The van der Waals surface area contributed by atoms with E-state index < -0.39 is 27.3 Å².